The molecule has 0 amide bonds. The zero-order chi connectivity index (χ0) is 24.2. The number of hydrogen-bond donors (Lipinski definition) is 1. The second-order valence-electron chi connectivity index (χ2n) is 7.92. The minimum Gasteiger partial charge on any atom is -0.482 e. The highest BCUT2D eigenvalue weighted by Crippen LogP contribution is 2.36. The Morgan fingerprint density at radius 2 is 1.49 bits per heavy atom. The summed E-state index contributed by atoms with van der Waals surface area (Å²) < 4.78 is 7.31. The lowest BCUT2D eigenvalue weighted by atomic mass is 9.97. The molecule has 0 aliphatic heterocycles. The van der Waals surface area contributed by atoms with E-state index in [1.165, 1.54) is 0 Å². The first kappa shape index (κ1) is 22.4. The molecule has 0 fully saturated rings. The Morgan fingerprint density at radius 3 is 2.23 bits per heavy atom. The van der Waals surface area contributed by atoms with Crippen molar-refractivity contribution >= 4 is 17.6 Å². The first-order valence-corrected chi connectivity index (χ1v) is 11.4. The van der Waals surface area contributed by atoms with E-state index < -0.39 is 12.6 Å². The highest BCUT2D eigenvalue weighted by Gasteiger charge is 2.16. The lowest BCUT2D eigenvalue weighted by Crippen LogP contribution is -2.09. The lowest BCUT2D eigenvalue weighted by molar-refractivity contribution is -0.139. The third-order valence-corrected chi connectivity index (χ3v) is 5.81. The van der Waals surface area contributed by atoms with Crippen LogP contribution in [0.3, 0.4) is 0 Å². The summed E-state index contributed by atoms with van der Waals surface area (Å²) in [6, 6.07) is 35.2. The zero-order valence-corrected chi connectivity index (χ0v) is 19.4. The van der Waals surface area contributed by atoms with Gasteiger partial charge in [0.2, 0.25) is 0 Å². The summed E-state index contributed by atoms with van der Waals surface area (Å²) in [4.78, 5) is 10.9. The highest BCUT2D eigenvalue weighted by atomic mass is 35.5. The van der Waals surface area contributed by atoms with Crippen LogP contribution in [0.15, 0.2) is 109 Å². The number of benzene rings is 4. The molecular weight excluding hydrogens is 460 g/mol. The smallest absolute Gasteiger partial charge is 0.341 e. The second-order valence-corrected chi connectivity index (χ2v) is 8.36. The van der Waals surface area contributed by atoms with Gasteiger partial charge in [-0.15, -0.1) is 0 Å². The molecule has 0 atom stereocenters. The van der Waals surface area contributed by atoms with Crippen molar-refractivity contribution in [3.63, 3.8) is 0 Å². The van der Waals surface area contributed by atoms with Crippen LogP contribution < -0.4 is 4.74 Å². The molecule has 0 saturated carbocycles. The summed E-state index contributed by atoms with van der Waals surface area (Å²) in [6.07, 6.45) is 0. The van der Waals surface area contributed by atoms with Gasteiger partial charge >= 0.3 is 5.97 Å². The van der Waals surface area contributed by atoms with Crippen LogP contribution in [-0.4, -0.2) is 27.5 Å². The molecule has 6 heteroatoms. The zero-order valence-electron chi connectivity index (χ0n) is 18.6. The average molecular weight is 481 g/mol. The fourth-order valence-corrected chi connectivity index (χ4v) is 4.09. The number of nitrogens with zero attached hydrogens (tertiary/aromatic N) is 2. The number of rotatable bonds is 7. The Balaban J connectivity index is 1.62. The SMILES string of the molecule is O=C(O)COc1cccc(-c2ccccc2-c2cc(-c3ccccc3)n(-c3ccc(Cl)cc3)n2)c1. The molecular formula is C29H21ClN2O3. The maximum absolute atomic E-state index is 10.9. The van der Waals surface area contributed by atoms with E-state index in [4.69, 9.17) is 26.5 Å². The van der Waals surface area contributed by atoms with E-state index in [1.807, 2.05) is 89.6 Å². The first-order chi connectivity index (χ1) is 17.1. The normalized spacial score (nSPS) is 10.8. The molecule has 5 rings (SSSR count). The summed E-state index contributed by atoms with van der Waals surface area (Å²) in [7, 11) is 0. The van der Waals surface area contributed by atoms with E-state index in [9.17, 15) is 4.79 Å². The number of carboxylic acid groups (broad SMARTS) is 1. The first-order valence-electron chi connectivity index (χ1n) is 11.0. The monoisotopic (exact) mass is 480 g/mol. The minimum absolute atomic E-state index is 0.392. The molecule has 0 radical (unpaired) electrons. The highest BCUT2D eigenvalue weighted by molar-refractivity contribution is 6.30. The number of halogens is 1. The molecule has 0 aliphatic carbocycles. The van der Waals surface area contributed by atoms with Crippen LogP contribution in [-0.2, 0) is 4.79 Å². The Bertz CT molecular complexity index is 1480. The van der Waals surface area contributed by atoms with Crippen molar-refractivity contribution < 1.29 is 14.6 Å². The van der Waals surface area contributed by atoms with Crippen LogP contribution in [0.25, 0.3) is 39.3 Å². The Labute approximate surface area is 207 Å². The summed E-state index contributed by atoms with van der Waals surface area (Å²) >= 11 is 6.13. The number of aromatic nitrogens is 2. The second kappa shape index (κ2) is 9.87. The Kier molecular flexibility index (Phi) is 6.33. The van der Waals surface area contributed by atoms with Gasteiger partial charge in [0.15, 0.2) is 6.61 Å². The van der Waals surface area contributed by atoms with E-state index in [0.29, 0.717) is 10.8 Å². The van der Waals surface area contributed by atoms with Gasteiger partial charge in [0, 0.05) is 16.1 Å². The van der Waals surface area contributed by atoms with E-state index in [2.05, 4.69) is 18.2 Å². The van der Waals surface area contributed by atoms with Gasteiger partial charge in [0.25, 0.3) is 0 Å². The molecule has 5 aromatic rings. The fraction of sp³-hybridized carbons (Fsp3) is 0.0345. The average Bonchev–Trinajstić information content (AvgIpc) is 3.34. The maximum atomic E-state index is 10.9. The number of carboxylic acids is 1. The predicted octanol–water partition coefficient (Wildman–Crippen LogP) is 6.99. The molecule has 4 aromatic carbocycles. The van der Waals surface area contributed by atoms with Crippen LogP contribution in [0.2, 0.25) is 5.02 Å². The number of aliphatic carboxylic acids is 1. The topological polar surface area (TPSA) is 64.3 Å². The lowest BCUT2D eigenvalue weighted by Gasteiger charge is -2.10. The van der Waals surface area contributed by atoms with Crippen LogP contribution in [0.5, 0.6) is 5.75 Å². The van der Waals surface area contributed by atoms with Gasteiger partial charge < -0.3 is 9.84 Å². The van der Waals surface area contributed by atoms with E-state index >= 15 is 0 Å². The van der Waals surface area contributed by atoms with Crippen molar-refractivity contribution in [3.05, 3.63) is 114 Å². The molecule has 0 spiro atoms. The van der Waals surface area contributed by atoms with Crippen molar-refractivity contribution in [1.82, 2.24) is 9.78 Å². The fourth-order valence-electron chi connectivity index (χ4n) is 3.96. The van der Waals surface area contributed by atoms with Gasteiger partial charge in [-0.1, -0.05) is 78.3 Å². The van der Waals surface area contributed by atoms with Crippen molar-refractivity contribution in [2.24, 2.45) is 0 Å². The van der Waals surface area contributed by atoms with Crippen LogP contribution >= 0.6 is 11.6 Å². The number of carbonyl (C=O) groups is 1. The molecule has 5 nitrogen and oxygen atoms in total. The van der Waals surface area contributed by atoms with Crippen molar-refractivity contribution in [3.8, 4) is 45.1 Å². The molecule has 0 bridgehead atoms. The summed E-state index contributed by atoms with van der Waals surface area (Å²) in [5.74, 6) is -0.520. The Morgan fingerprint density at radius 1 is 0.800 bits per heavy atom. The van der Waals surface area contributed by atoms with Gasteiger partial charge in [-0.25, -0.2) is 9.48 Å². The molecule has 0 unspecified atom stereocenters. The van der Waals surface area contributed by atoms with Crippen molar-refractivity contribution in [2.45, 2.75) is 0 Å². The van der Waals surface area contributed by atoms with Crippen LogP contribution in [0.1, 0.15) is 0 Å². The standard InChI is InChI=1S/C29H21ClN2O3/c30-22-13-15-23(16-14-22)32-28(20-7-2-1-3-8-20)18-27(31-32)26-12-5-4-11-25(26)21-9-6-10-24(17-21)35-19-29(33)34/h1-18H,19H2,(H,33,34). The van der Waals surface area contributed by atoms with Gasteiger partial charge in [-0.2, -0.15) is 5.10 Å². The molecule has 1 N–H and O–H groups in total. The largest absolute Gasteiger partial charge is 0.482 e. The molecule has 1 heterocycles. The van der Waals surface area contributed by atoms with Crippen molar-refractivity contribution in [2.75, 3.05) is 6.61 Å². The van der Waals surface area contributed by atoms with E-state index in [1.54, 1.807) is 6.07 Å². The van der Waals surface area contributed by atoms with E-state index in [-0.39, 0.29) is 0 Å². The van der Waals surface area contributed by atoms with Gasteiger partial charge in [-0.3, -0.25) is 0 Å². The summed E-state index contributed by atoms with van der Waals surface area (Å²) in [6.45, 7) is -0.392. The maximum Gasteiger partial charge on any atom is 0.341 e. The summed E-state index contributed by atoms with van der Waals surface area (Å²) in [5.41, 5.74) is 6.54. The predicted molar refractivity (Wildman–Crippen MR) is 138 cm³/mol. The van der Waals surface area contributed by atoms with Crippen molar-refractivity contribution in [1.29, 1.82) is 0 Å². The third-order valence-electron chi connectivity index (χ3n) is 5.56. The van der Waals surface area contributed by atoms with E-state index in [0.717, 1.165) is 39.3 Å². The summed E-state index contributed by atoms with van der Waals surface area (Å²) in [5, 5.41) is 14.6. The third kappa shape index (κ3) is 4.95. The van der Waals surface area contributed by atoms with Gasteiger partial charge in [0.1, 0.15) is 5.75 Å². The number of ether oxygens (including phenoxy) is 1. The Hall–Kier alpha value is -4.35. The van der Waals surface area contributed by atoms with Crippen LogP contribution in [0, 0.1) is 0 Å². The number of hydrogen-bond acceptors (Lipinski definition) is 3. The molecule has 35 heavy (non-hydrogen) atoms. The van der Waals surface area contributed by atoms with Gasteiger partial charge in [-0.05, 0) is 53.6 Å². The molecule has 172 valence electrons. The quantitative estimate of drug-likeness (QED) is 0.272. The molecule has 0 aliphatic rings. The van der Waals surface area contributed by atoms with Gasteiger partial charge in [0.05, 0.1) is 17.1 Å². The van der Waals surface area contributed by atoms with Crippen LogP contribution in [0.4, 0.5) is 0 Å². The minimum atomic E-state index is -1.02. The molecule has 0 saturated heterocycles. The molecule has 1 aromatic heterocycles.